The third-order valence-corrected chi connectivity index (χ3v) is 8.11. The Morgan fingerprint density at radius 3 is 2.04 bits per heavy atom. The number of rotatable bonds is 3. The molecule has 0 aromatic rings. The van der Waals surface area contributed by atoms with Crippen molar-refractivity contribution in [2.75, 3.05) is 6.54 Å². The Bertz CT molecular complexity index is 545. The van der Waals surface area contributed by atoms with E-state index in [1.165, 1.54) is 38.5 Å². The van der Waals surface area contributed by atoms with Crippen LogP contribution in [0.3, 0.4) is 0 Å². The van der Waals surface area contributed by atoms with Crippen LogP contribution >= 0.6 is 0 Å². The van der Waals surface area contributed by atoms with Gasteiger partial charge in [-0.25, -0.2) is 4.79 Å². The zero-order chi connectivity index (χ0) is 17.7. The fourth-order valence-corrected chi connectivity index (χ4v) is 7.36. The van der Waals surface area contributed by atoms with E-state index in [1.807, 2.05) is 4.90 Å². The van der Waals surface area contributed by atoms with Crippen molar-refractivity contribution in [2.24, 2.45) is 23.2 Å². The highest BCUT2D eigenvalue weighted by Crippen LogP contribution is 2.60. The molecule has 26 heavy (non-hydrogen) atoms. The van der Waals surface area contributed by atoms with Gasteiger partial charge in [0.1, 0.15) is 12.1 Å². The Morgan fingerprint density at radius 1 is 0.808 bits per heavy atom. The number of nitrogens with zero attached hydrogens (tertiary/aromatic N) is 1. The molecule has 1 heterocycles. The van der Waals surface area contributed by atoms with Gasteiger partial charge in [0, 0.05) is 6.54 Å². The maximum absolute atomic E-state index is 13.6. The Morgan fingerprint density at radius 2 is 1.42 bits per heavy atom. The normalized spacial score (nSPS) is 42.2. The second kappa shape index (κ2) is 6.53. The van der Waals surface area contributed by atoms with Crippen LogP contribution in [-0.2, 0) is 14.3 Å². The first-order valence-corrected chi connectivity index (χ1v) is 11.1. The van der Waals surface area contributed by atoms with Gasteiger partial charge in [0.15, 0.2) is 0 Å². The summed E-state index contributed by atoms with van der Waals surface area (Å²) in [5.74, 6) is 2.48. The summed E-state index contributed by atoms with van der Waals surface area (Å²) in [4.78, 5) is 28.4. The molecule has 1 saturated heterocycles. The summed E-state index contributed by atoms with van der Waals surface area (Å²) < 4.78 is 5.84. The number of carbonyl (C=O) groups is 2. The molecule has 1 amide bonds. The molecule has 1 aliphatic heterocycles. The van der Waals surface area contributed by atoms with Crippen LogP contribution in [0.4, 0.5) is 0 Å². The molecule has 0 aromatic carbocycles. The lowest BCUT2D eigenvalue weighted by Crippen LogP contribution is -2.56. The summed E-state index contributed by atoms with van der Waals surface area (Å²) >= 11 is 0. The van der Waals surface area contributed by atoms with E-state index in [1.54, 1.807) is 0 Å². The fraction of sp³-hybridized carbons (Fsp3) is 0.909. The second-order valence-electron chi connectivity index (χ2n) is 10.1. The van der Waals surface area contributed by atoms with E-state index in [2.05, 4.69) is 0 Å². The van der Waals surface area contributed by atoms with Gasteiger partial charge in [0.2, 0.25) is 5.91 Å². The first-order valence-electron chi connectivity index (χ1n) is 11.1. The van der Waals surface area contributed by atoms with Crippen LogP contribution < -0.4 is 0 Å². The van der Waals surface area contributed by atoms with Gasteiger partial charge in [0.05, 0.1) is 5.41 Å². The maximum atomic E-state index is 13.6. The minimum Gasteiger partial charge on any atom is -0.461 e. The van der Waals surface area contributed by atoms with Crippen molar-refractivity contribution >= 4 is 11.9 Å². The highest BCUT2D eigenvalue weighted by molar-refractivity contribution is 5.89. The van der Waals surface area contributed by atoms with Crippen molar-refractivity contribution in [3.05, 3.63) is 0 Å². The monoisotopic (exact) mass is 359 g/mol. The van der Waals surface area contributed by atoms with E-state index in [0.717, 1.165) is 69.2 Å². The molecular formula is C22H33NO3. The smallest absolute Gasteiger partial charge is 0.329 e. The molecule has 5 aliphatic carbocycles. The molecule has 1 atom stereocenters. The predicted molar refractivity (Wildman–Crippen MR) is 98.3 cm³/mol. The summed E-state index contributed by atoms with van der Waals surface area (Å²) in [5, 5.41) is 0. The first-order chi connectivity index (χ1) is 12.6. The molecule has 5 saturated carbocycles. The van der Waals surface area contributed by atoms with Crippen LogP contribution in [0.25, 0.3) is 0 Å². The molecule has 4 nitrogen and oxygen atoms in total. The molecule has 0 N–H and O–H groups in total. The molecule has 4 heteroatoms. The van der Waals surface area contributed by atoms with Gasteiger partial charge in [-0.05, 0) is 94.8 Å². The molecule has 0 radical (unpaired) electrons. The largest absolute Gasteiger partial charge is 0.461 e. The van der Waals surface area contributed by atoms with E-state index in [9.17, 15) is 9.59 Å². The Hall–Kier alpha value is -1.06. The highest BCUT2D eigenvalue weighted by atomic mass is 16.5. The van der Waals surface area contributed by atoms with Gasteiger partial charge >= 0.3 is 5.97 Å². The second-order valence-corrected chi connectivity index (χ2v) is 10.1. The van der Waals surface area contributed by atoms with E-state index >= 15 is 0 Å². The van der Waals surface area contributed by atoms with Crippen molar-refractivity contribution < 1.29 is 14.3 Å². The third-order valence-electron chi connectivity index (χ3n) is 8.11. The van der Waals surface area contributed by atoms with Crippen LogP contribution in [0.15, 0.2) is 0 Å². The SMILES string of the molecule is O=C(OC1CCCCC1)C1CCCN1C(=O)C12CC3CC(CC(C3)C1)C2. The fourth-order valence-electron chi connectivity index (χ4n) is 7.36. The lowest BCUT2D eigenvalue weighted by Gasteiger charge is -2.56. The number of hydrogen-bond acceptors (Lipinski definition) is 3. The van der Waals surface area contributed by atoms with Gasteiger partial charge in [-0.3, -0.25) is 4.79 Å². The predicted octanol–water partition coefficient (Wildman–Crippen LogP) is 4.07. The topological polar surface area (TPSA) is 46.6 Å². The molecule has 0 aromatic heterocycles. The van der Waals surface area contributed by atoms with Gasteiger partial charge in [0.25, 0.3) is 0 Å². The molecule has 0 spiro atoms. The number of likely N-dealkylation sites (tertiary alicyclic amines) is 1. The zero-order valence-electron chi connectivity index (χ0n) is 16.0. The average Bonchev–Trinajstić information content (AvgIpc) is 3.10. The van der Waals surface area contributed by atoms with Crippen LogP contribution in [0, 0.1) is 23.2 Å². The minimum absolute atomic E-state index is 0.0911. The first kappa shape index (κ1) is 17.1. The Balaban J connectivity index is 1.29. The van der Waals surface area contributed by atoms with Gasteiger partial charge in [-0.2, -0.15) is 0 Å². The Kier molecular flexibility index (Phi) is 4.28. The van der Waals surface area contributed by atoms with E-state index in [4.69, 9.17) is 4.74 Å². The Labute approximate surface area is 157 Å². The number of ether oxygens (including phenoxy) is 1. The van der Waals surface area contributed by atoms with Crippen molar-refractivity contribution in [2.45, 2.75) is 95.6 Å². The molecule has 144 valence electrons. The van der Waals surface area contributed by atoms with Gasteiger partial charge in [-0.1, -0.05) is 6.42 Å². The number of amides is 1. The molecular weight excluding hydrogens is 326 g/mol. The van der Waals surface area contributed by atoms with Crippen molar-refractivity contribution in [3.8, 4) is 0 Å². The lowest BCUT2D eigenvalue weighted by atomic mass is 9.49. The van der Waals surface area contributed by atoms with Crippen molar-refractivity contribution in [3.63, 3.8) is 0 Å². The minimum atomic E-state index is -0.308. The van der Waals surface area contributed by atoms with Gasteiger partial charge in [-0.15, -0.1) is 0 Å². The average molecular weight is 360 g/mol. The lowest BCUT2D eigenvalue weighted by molar-refractivity contribution is -0.168. The summed E-state index contributed by atoms with van der Waals surface area (Å²) in [6, 6.07) is -0.308. The van der Waals surface area contributed by atoms with Crippen LogP contribution in [0.5, 0.6) is 0 Å². The molecule has 6 rings (SSSR count). The van der Waals surface area contributed by atoms with Crippen LogP contribution in [0.2, 0.25) is 0 Å². The molecule has 1 unspecified atom stereocenters. The molecule has 4 bridgehead atoms. The van der Waals surface area contributed by atoms with Crippen molar-refractivity contribution in [1.29, 1.82) is 0 Å². The van der Waals surface area contributed by atoms with Crippen LogP contribution in [-0.4, -0.2) is 35.5 Å². The highest BCUT2D eigenvalue weighted by Gasteiger charge is 2.57. The van der Waals surface area contributed by atoms with Crippen molar-refractivity contribution in [1.82, 2.24) is 4.90 Å². The summed E-state index contributed by atoms with van der Waals surface area (Å²) in [6.07, 6.45) is 14.7. The quantitative estimate of drug-likeness (QED) is 0.714. The standard InChI is InChI=1S/C22H33NO3/c24-20(26-18-5-2-1-3-6-18)19-7-4-8-23(19)21(25)22-12-15-9-16(13-22)11-17(10-15)14-22/h15-19H,1-14H2. The number of hydrogen-bond donors (Lipinski definition) is 0. The summed E-state index contributed by atoms with van der Waals surface area (Å²) in [7, 11) is 0. The molecule has 6 aliphatic rings. The summed E-state index contributed by atoms with van der Waals surface area (Å²) in [5.41, 5.74) is -0.136. The summed E-state index contributed by atoms with van der Waals surface area (Å²) in [6.45, 7) is 0.755. The van der Waals surface area contributed by atoms with Gasteiger partial charge < -0.3 is 9.64 Å². The van der Waals surface area contributed by atoms with E-state index in [-0.39, 0.29) is 23.5 Å². The van der Waals surface area contributed by atoms with E-state index < -0.39 is 0 Å². The van der Waals surface area contributed by atoms with E-state index in [0.29, 0.717) is 5.91 Å². The third kappa shape index (κ3) is 2.88. The zero-order valence-corrected chi connectivity index (χ0v) is 16.0. The number of esters is 1. The molecule has 6 fully saturated rings. The number of carbonyl (C=O) groups excluding carboxylic acids is 2. The maximum Gasteiger partial charge on any atom is 0.329 e. The van der Waals surface area contributed by atoms with Crippen LogP contribution in [0.1, 0.15) is 83.5 Å².